The van der Waals surface area contributed by atoms with Crippen LogP contribution in [0.25, 0.3) is 0 Å². The number of carbonyl (C=O) groups is 2. The van der Waals surface area contributed by atoms with E-state index in [4.69, 9.17) is 4.78 Å². The van der Waals surface area contributed by atoms with E-state index in [1.165, 1.54) is 14.2 Å². The summed E-state index contributed by atoms with van der Waals surface area (Å²) in [6, 6.07) is -0.940. The quantitative estimate of drug-likeness (QED) is 0.653. The van der Waals surface area contributed by atoms with Crippen LogP contribution in [0.3, 0.4) is 0 Å². The Bertz CT molecular complexity index is 394. The van der Waals surface area contributed by atoms with Gasteiger partial charge in [-0.2, -0.15) is 0 Å². The van der Waals surface area contributed by atoms with Gasteiger partial charge in [0.2, 0.25) is 0 Å². The molecule has 7 nitrogen and oxygen atoms in total. The molecule has 0 saturated carbocycles. The molecule has 0 aliphatic heterocycles. The van der Waals surface area contributed by atoms with Crippen molar-refractivity contribution in [3.05, 3.63) is 0 Å². The summed E-state index contributed by atoms with van der Waals surface area (Å²) in [6.07, 6.45) is 0.889. The molecule has 1 amide bonds. The molecule has 0 aromatic heterocycles. The molecule has 0 aliphatic rings. The van der Waals surface area contributed by atoms with Crippen molar-refractivity contribution in [1.29, 1.82) is 4.78 Å². The molecule has 0 spiro atoms. The van der Waals surface area contributed by atoms with Gasteiger partial charge in [-0.15, -0.1) is 0 Å². The fraction of sp³-hybridized carbons (Fsp3) is 0.818. The minimum absolute atomic E-state index is 0.0385. The van der Waals surface area contributed by atoms with Gasteiger partial charge in [0.15, 0.2) is 0 Å². The summed E-state index contributed by atoms with van der Waals surface area (Å²) >= 11 is 0. The summed E-state index contributed by atoms with van der Waals surface area (Å²) in [7, 11) is -0.346. The second-order valence-electron chi connectivity index (χ2n) is 4.07. The van der Waals surface area contributed by atoms with Crippen molar-refractivity contribution in [2.45, 2.75) is 32.2 Å². The topological polar surface area (TPSA) is 106 Å². The molecule has 2 atom stereocenters. The molecule has 8 heteroatoms. The maximum absolute atomic E-state index is 11.9. The average Bonchev–Trinajstić information content (AvgIpc) is 2.39. The molecule has 1 unspecified atom stereocenters. The average molecular weight is 294 g/mol. The molecular formula is C11H22N2O5S. The van der Waals surface area contributed by atoms with Crippen LogP contribution in [-0.2, 0) is 24.0 Å². The smallest absolute Gasteiger partial charge is 0.407 e. The van der Waals surface area contributed by atoms with Gasteiger partial charge in [-0.25, -0.2) is 13.8 Å². The van der Waals surface area contributed by atoms with Crippen LogP contribution in [0.2, 0.25) is 0 Å². The molecule has 0 aromatic rings. The molecule has 112 valence electrons. The van der Waals surface area contributed by atoms with Gasteiger partial charge < -0.3 is 14.8 Å². The standard InChI is InChI=1S/C11H22N2O5S/c1-4-5-7-19(12,16)8-6-9(10(14)17-2)13-11(15)18-3/h9,12H,4-8H2,1-3H3,(H,13,15)/t9-,19?/m0/s1. The SMILES string of the molecule is CCCCS(=N)(=O)CC[C@H](NC(=O)OC)C(=O)OC. The number of amides is 1. The molecule has 0 bridgehead atoms. The number of alkyl carbamates (subject to hydrolysis) is 1. The zero-order valence-corrected chi connectivity index (χ0v) is 12.4. The van der Waals surface area contributed by atoms with Crippen molar-refractivity contribution >= 4 is 21.8 Å². The number of rotatable bonds is 8. The third-order valence-corrected chi connectivity index (χ3v) is 4.37. The van der Waals surface area contributed by atoms with E-state index in [0.717, 1.165) is 6.42 Å². The zero-order valence-electron chi connectivity index (χ0n) is 11.6. The molecule has 0 fully saturated rings. The molecule has 0 saturated heterocycles. The summed E-state index contributed by atoms with van der Waals surface area (Å²) in [4.78, 5) is 22.5. The van der Waals surface area contributed by atoms with E-state index in [9.17, 15) is 13.8 Å². The van der Waals surface area contributed by atoms with E-state index in [1.54, 1.807) is 0 Å². The molecular weight excluding hydrogens is 272 g/mol. The lowest BCUT2D eigenvalue weighted by molar-refractivity contribution is -0.143. The van der Waals surface area contributed by atoms with E-state index in [2.05, 4.69) is 14.8 Å². The summed E-state index contributed by atoms with van der Waals surface area (Å²) in [6.45, 7) is 1.95. The molecule has 0 radical (unpaired) electrons. The van der Waals surface area contributed by atoms with Gasteiger partial charge in [-0.1, -0.05) is 13.3 Å². The van der Waals surface area contributed by atoms with Gasteiger partial charge in [0, 0.05) is 21.2 Å². The number of nitrogens with one attached hydrogen (secondary N) is 2. The van der Waals surface area contributed by atoms with Crippen LogP contribution >= 0.6 is 0 Å². The first-order valence-electron chi connectivity index (χ1n) is 6.02. The van der Waals surface area contributed by atoms with Crippen LogP contribution in [0.15, 0.2) is 0 Å². The Morgan fingerprint density at radius 3 is 2.37 bits per heavy atom. The third-order valence-electron chi connectivity index (χ3n) is 2.53. The summed E-state index contributed by atoms with van der Waals surface area (Å²) < 4.78 is 28.5. The highest BCUT2D eigenvalue weighted by Crippen LogP contribution is 2.04. The Kier molecular flexibility index (Phi) is 8.13. The number of methoxy groups -OCH3 is 2. The zero-order chi connectivity index (χ0) is 14.9. The lowest BCUT2D eigenvalue weighted by atomic mass is 10.2. The monoisotopic (exact) mass is 294 g/mol. The van der Waals surface area contributed by atoms with Gasteiger partial charge in [0.05, 0.1) is 14.2 Å². The third kappa shape index (κ3) is 7.66. The highest BCUT2D eigenvalue weighted by Gasteiger charge is 2.23. The van der Waals surface area contributed by atoms with E-state index in [-0.39, 0.29) is 12.2 Å². The lowest BCUT2D eigenvalue weighted by Gasteiger charge is -2.16. The van der Waals surface area contributed by atoms with Crippen LogP contribution in [0.1, 0.15) is 26.2 Å². The molecule has 0 heterocycles. The fourth-order valence-electron chi connectivity index (χ4n) is 1.38. The van der Waals surface area contributed by atoms with Crippen LogP contribution in [0.4, 0.5) is 4.79 Å². The highest BCUT2D eigenvalue weighted by molar-refractivity contribution is 7.92. The predicted octanol–water partition coefficient (Wildman–Crippen LogP) is 1.12. The largest absolute Gasteiger partial charge is 0.467 e. The van der Waals surface area contributed by atoms with Gasteiger partial charge in [-0.05, 0) is 12.8 Å². The van der Waals surface area contributed by atoms with Crippen LogP contribution < -0.4 is 5.32 Å². The van der Waals surface area contributed by atoms with Gasteiger partial charge in [0.1, 0.15) is 6.04 Å². The maximum atomic E-state index is 11.9. The van der Waals surface area contributed by atoms with Crippen molar-refractivity contribution in [3.63, 3.8) is 0 Å². The number of carbonyl (C=O) groups excluding carboxylic acids is 2. The van der Waals surface area contributed by atoms with E-state index in [1.807, 2.05) is 6.92 Å². The lowest BCUT2D eigenvalue weighted by Crippen LogP contribution is -2.42. The van der Waals surface area contributed by atoms with Gasteiger partial charge in [-0.3, -0.25) is 4.78 Å². The van der Waals surface area contributed by atoms with Crippen molar-refractivity contribution in [2.75, 3.05) is 25.7 Å². The predicted molar refractivity (Wildman–Crippen MR) is 71.5 cm³/mol. The van der Waals surface area contributed by atoms with Gasteiger partial charge in [0.25, 0.3) is 0 Å². The Labute approximate surface area is 114 Å². The van der Waals surface area contributed by atoms with Crippen molar-refractivity contribution in [2.24, 2.45) is 0 Å². The van der Waals surface area contributed by atoms with E-state index < -0.39 is 27.8 Å². The number of esters is 1. The normalized spacial score (nSPS) is 15.1. The van der Waals surface area contributed by atoms with Crippen LogP contribution in [0.5, 0.6) is 0 Å². The molecule has 2 N–H and O–H groups in total. The minimum Gasteiger partial charge on any atom is -0.467 e. The maximum Gasteiger partial charge on any atom is 0.407 e. The van der Waals surface area contributed by atoms with Crippen molar-refractivity contribution < 1.29 is 23.3 Å². The van der Waals surface area contributed by atoms with E-state index >= 15 is 0 Å². The van der Waals surface area contributed by atoms with Gasteiger partial charge >= 0.3 is 12.1 Å². The fourth-order valence-corrected chi connectivity index (χ4v) is 2.96. The second-order valence-corrected chi connectivity index (χ2v) is 6.51. The highest BCUT2D eigenvalue weighted by atomic mass is 32.2. The number of hydrogen-bond donors (Lipinski definition) is 2. The Morgan fingerprint density at radius 2 is 1.89 bits per heavy atom. The number of unbranched alkanes of at least 4 members (excludes halogenated alkanes) is 1. The summed E-state index contributed by atoms with van der Waals surface area (Å²) in [5.41, 5.74) is 0. The Hall–Kier alpha value is -1.31. The minimum atomic E-state index is -2.72. The van der Waals surface area contributed by atoms with Crippen LogP contribution in [0, 0.1) is 4.78 Å². The molecule has 0 aliphatic carbocycles. The Balaban J connectivity index is 4.49. The summed E-state index contributed by atoms with van der Waals surface area (Å²) in [5.74, 6) is -0.303. The van der Waals surface area contributed by atoms with Crippen molar-refractivity contribution in [3.8, 4) is 0 Å². The van der Waals surface area contributed by atoms with Crippen molar-refractivity contribution in [1.82, 2.24) is 5.32 Å². The number of hydrogen-bond acceptors (Lipinski definition) is 6. The first-order valence-corrected chi connectivity index (χ1v) is 7.92. The first kappa shape index (κ1) is 17.7. The second kappa shape index (κ2) is 8.73. The molecule has 19 heavy (non-hydrogen) atoms. The van der Waals surface area contributed by atoms with Crippen LogP contribution in [-0.4, -0.2) is 48.0 Å². The summed E-state index contributed by atoms with van der Waals surface area (Å²) in [5, 5.41) is 2.30. The molecule has 0 aromatic carbocycles. The number of ether oxygens (including phenoxy) is 2. The van der Waals surface area contributed by atoms with E-state index in [0.29, 0.717) is 12.2 Å². The Morgan fingerprint density at radius 1 is 1.26 bits per heavy atom. The first-order chi connectivity index (χ1) is 8.86. The molecule has 0 rings (SSSR count).